The normalized spacial score (nSPS) is 19.6. The molecule has 1 fully saturated rings. The van der Waals surface area contributed by atoms with Gasteiger partial charge in [0.25, 0.3) is 0 Å². The SMILES string of the molecule is CC1(C)CCN(S(=O)(=O)c2ccccc2C#N)C1. The molecule has 0 saturated carbocycles. The number of nitriles is 1. The molecule has 1 aliphatic rings. The standard InChI is InChI=1S/C13H16N2O2S/c1-13(2)7-8-15(10-13)18(16,17)12-6-4-3-5-11(12)9-14/h3-6H,7-8,10H2,1-2H3. The molecule has 96 valence electrons. The molecule has 0 aliphatic carbocycles. The molecular weight excluding hydrogens is 248 g/mol. The van der Waals surface area contributed by atoms with Gasteiger partial charge in [-0.05, 0) is 24.0 Å². The van der Waals surface area contributed by atoms with Crippen molar-refractivity contribution in [2.24, 2.45) is 5.41 Å². The highest BCUT2D eigenvalue weighted by molar-refractivity contribution is 7.89. The van der Waals surface area contributed by atoms with Gasteiger partial charge >= 0.3 is 0 Å². The lowest BCUT2D eigenvalue weighted by Gasteiger charge is -2.20. The van der Waals surface area contributed by atoms with Crippen LogP contribution in [-0.2, 0) is 10.0 Å². The molecule has 0 unspecified atom stereocenters. The van der Waals surface area contributed by atoms with Crippen LogP contribution in [0.2, 0.25) is 0 Å². The molecule has 0 radical (unpaired) electrons. The van der Waals surface area contributed by atoms with Gasteiger partial charge in [-0.1, -0.05) is 26.0 Å². The van der Waals surface area contributed by atoms with Crippen LogP contribution >= 0.6 is 0 Å². The van der Waals surface area contributed by atoms with Gasteiger partial charge in [0.05, 0.1) is 10.5 Å². The molecule has 1 aromatic rings. The van der Waals surface area contributed by atoms with Gasteiger partial charge in [-0.2, -0.15) is 9.57 Å². The predicted molar refractivity (Wildman–Crippen MR) is 68.3 cm³/mol. The zero-order valence-electron chi connectivity index (χ0n) is 10.5. The van der Waals surface area contributed by atoms with Gasteiger partial charge in [0.15, 0.2) is 0 Å². The van der Waals surface area contributed by atoms with Crippen LogP contribution in [0.25, 0.3) is 0 Å². The Hall–Kier alpha value is -1.38. The fourth-order valence-corrected chi connectivity index (χ4v) is 3.96. The van der Waals surface area contributed by atoms with Crippen LogP contribution in [0.1, 0.15) is 25.8 Å². The van der Waals surface area contributed by atoms with Crippen molar-refractivity contribution in [2.45, 2.75) is 25.2 Å². The summed E-state index contributed by atoms with van der Waals surface area (Å²) in [7, 11) is -3.54. The second-order valence-electron chi connectivity index (χ2n) is 5.36. The lowest BCUT2D eigenvalue weighted by molar-refractivity contribution is 0.375. The summed E-state index contributed by atoms with van der Waals surface area (Å²) in [5, 5.41) is 8.99. The lowest BCUT2D eigenvalue weighted by atomic mass is 9.93. The lowest BCUT2D eigenvalue weighted by Crippen LogP contribution is -2.30. The number of benzene rings is 1. The van der Waals surface area contributed by atoms with Crippen molar-refractivity contribution in [3.63, 3.8) is 0 Å². The molecule has 1 aromatic carbocycles. The Morgan fingerprint density at radius 1 is 1.33 bits per heavy atom. The van der Waals surface area contributed by atoms with Gasteiger partial charge in [-0.15, -0.1) is 0 Å². The van der Waals surface area contributed by atoms with Crippen LogP contribution in [-0.4, -0.2) is 25.8 Å². The summed E-state index contributed by atoms with van der Waals surface area (Å²) in [6.07, 6.45) is 0.848. The molecule has 0 spiro atoms. The van der Waals surface area contributed by atoms with Gasteiger partial charge in [0, 0.05) is 13.1 Å². The second kappa shape index (κ2) is 4.38. The predicted octanol–water partition coefficient (Wildman–Crippen LogP) is 1.98. The van der Waals surface area contributed by atoms with E-state index in [1.54, 1.807) is 12.1 Å². The van der Waals surface area contributed by atoms with Crippen molar-refractivity contribution in [3.8, 4) is 6.07 Å². The van der Waals surface area contributed by atoms with Gasteiger partial charge in [0.1, 0.15) is 6.07 Å². The summed E-state index contributed by atoms with van der Waals surface area (Å²) >= 11 is 0. The number of rotatable bonds is 2. The maximum absolute atomic E-state index is 12.5. The zero-order chi connectivity index (χ0) is 13.4. The molecule has 4 nitrogen and oxygen atoms in total. The van der Waals surface area contributed by atoms with Crippen molar-refractivity contribution in [3.05, 3.63) is 29.8 Å². The number of hydrogen-bond acceptors (Lipinski definition) is 3. The van der Waals surface area contributed by atoms with Gasteiger partial charge in [0.2, 0.25) is 10.0 Å². The van der Waals surface area contributed by atoms with Crippen molar-refractivity contribution < 1.29 is 8.42 Å². The molecule has 0 bridgehead atoms. The summed E-state index contributed by atoms with van der Waals surface area (Å²) < 4.78 is 26.4. The van der Waals surface area contributed by atoms with Crippen LogP contribution in [0.5, 0.6) is 0 Å². The van der Waals surface area contributed by atoms with Crippen molar-refractivity contribution >= 4 is 10.0 Å². The van der Waals surface area contributed by atoms with Gasteiger partial charge in [-0.3, -0.25) is 0 Å². The van der Waals surface area contributed by atoms with Gasteiger partial charge in [-0.25, -0.2) is 8.42 Å². The molecule has 18 heavy (non-hydrogen) atoms. The van der Waals surface area contributed by atoms with E-state index in [1.807, 2.05) is 6.07 Å². The Kier molecular flexibility index (Phi) is 3.18. The highest BCUT2D eigenvalue weighted by Crippen LogP contribution is 2.33. The van der Waals surface area contributed by atoms with Crippen LogP contribution in [0.3, 0.4) is 0 Å². The first-order valence-corrected chi connectivity index (χ1v) is 7.30. The molecule has 2 rings (SSSR count). The minimum atomic E-state index is -3.54. The van der Waals surface area contributed by atoms with E-state index in [2.05, 4.69) is 13.8 Å². The molecule has 1 heterocycles. The Morgan fingerprint density at radius 3 is 2.56 bits per heavy atom. The summed E-state index contributed by atoms with van der Waals surface area (Å²) in [6.45, 7) is 5.14. The molecule has 5 heteroatoms. The number of hydrogen-bond donors (Lipinski definition) is 0. The van der Waals surface area contributed by atoms with Crippen LogP contribution in [0.4, 0.5) is 0 Å². The maximum atomic E-state index is 12.5. The quantitative estimate of drug-likeness (QED) is 0.820. The largest absolute Gasteiger partial charge is 0.244 e. The molecule has 0 N–H and O–H groups in total. The van der Waals surface area contributed by atoms with E-state index in [0.29, 0.717) is 13.1 Å². The topological polar surface area (TPSA) is 61.2 Å². The minimum absolute atomic E-state index is 0.00859. The first-order valence-electron chi connectivity index (χ1n) is 5.86. The minimum Gasteiger partial charge on any atom is -0.207 e. The third kappa shape index (κ3) is 2.26. The Balaban J connectivity index is 2.42. The zero-order valence-corrected chi connectivity index (χ0v) is 11.4. The van der Waals surface area contributed by atoms with Crippen molar-refractivity contribution in [1.82, 2.24) is 4.31 Å². The van der Waals surface area contributed by atoms with E-state index < -0.39 is 10.0 Å². The van der Waals surface area contributed by atoms with Crippen LogP contribution in [0, 0.1) is 16.7 Å². The first-order chi connectivity index (χ1) is 8.37. The van der Waals surface area contributed by atoms with E-state index in [4.69, 9.17) is 5.26 Å². The first kappa shape index (κ1) is 13.1. The second-order valence-corrected chi connectivity index (χ2v) is 7.27. The monoisotopic (exact) mass is 264 g/mol. The molecule has 1 saturated heterocycles. The number of sulfonamides is 1. The highest BCUT2D eigenvalue weighted by atomic mass is 32.2. The molecule has 1 aliphatic heterocycles. The fraction of sp³-hybridized carbons (Fsp3) is 0.462. The average Bonchev–Trinajstić information content (AvgIpc) is 2.70. The summed E-state index contributed by atoms with van der Waals surface area (Å²) in [5.74, 6) is 0. The van der Waals surface area contributed by atoms with Crippen molar-refractivity contribution in [2.75, 3.05) is 13.1 Å². The van der Waals surface area contributed by atoms with Crippen LogP contribution < -0.4 is 0 Å². The summed E-state index contributed by atoms with van der Waals surface area (Å²) in [4.78, 5) is 0.116. The Bertz CT molecular complexity index is 600. The third-order valence-corrected chi connectivity index (χ3v) is 5.17. The van der Waals surface area contributed by atoms with E-state index in [0.717, 1.165) is 6.42 Å². The molecule has 0 aromatic heterocycles. The summed E-state index contributed by atoms with van der Waals surface area (Å²) in [5.41, 5.74) is 0.219. The van der Waals surface area contributed by atoms with Crippen molar-refractivity contribution in [1.29, 1.82) is 5.26 Å². The molecule has 0 amide bonds. The molecular formula is C13H16N2O2S. The van der Waals surface area contributed by atoms with Gasteiger partial charge < -0.3 is 0 Å². The van der Waals surface area contributed by atoms with E-state index in [1.165, 1.54) is 16.4 Å². The highest BCUT2D eigenvalue weighted by Gasteiger charge is 2.37. The average molecular weight is 264 g/mol. The van der Waals surface area contributed by atoms with E-state index in [9.17, 15) is 8.42 Å². The third-order valence-electron chi connectivity index (χ3n) is 3.27. The smallest absolute Gasteiger partial charge is 0.207 e. The number of nitrogens with zero attached hydrogens (tertiary/aromatic N) is 2. The summed E-state index contributed by atoms with van der Waals surface area (Å²) in [6, 6.07) is 8.29. The Labute approximate surface area is 108 Å². The fourth-order valence-electron chi connectivity index (χ4n) is 2.19. The van der Waals surface area contributed by atoms with E-state index >= 15 is 0 Å². The van der Waals surface area contributed by atoms with Crippen LogP contribution in [0.15, 0.2) is 29.2 Å². The maximum Gasteiger partial charge on any atom is 0.244 e. The Morgan fingerprint density at radius 2 is 2.00 bits per heavy atom. The van der Waals surface area contributed by atoms with E-state index in [-0.39, 0.29) is 15.9 Å². The molecule has 0 atom stereocenters.